The van der Waals surface area contributed by atoms with Gasteiger partial charge in [0, 0.05) is 49.4 Å². The fourth-order valence-electron chi connectivity index (χ4n) is 3.55. The zero-order valence-electron chi connectivity index (χ0n) is 18.5. The van der Waals surface area contributed by atoms with Crippen molar-refractivity contribution in [3.05, 3.63) is 53.0 Å². The quantitative estimate of drug-likeness (QED) is 0.821. The fraction of sp³-hybridized carbons (Fsp3) is 0.478. The van der Waals surface area contributed by atoms with Crippen molar-refractivity contribution in [2.24, 2.45) is 0 Å². The molecule has 2 amide bonds. The molecule has 0 saturated carbocycles. The summed E-state index contributed by atoms with van der Waals surface area (Å²) < 4.78 is 0. The standard InChI is InChI=1S/C23H31N5O2/c1-15(2)21-24-17(4)14-20(26-21)27-9-11-28(12-10-27)23(30)18(5)25-22(29)19-8-6-7-16(3)13-19/h6-8,13-15,18H,9-12H2,1-5H3,(H,25,29)/t18-/m0/s1. The number of amides is 2. The largest absolute Gasteiger partial charge is 0.353 e. The van der Waals surface area contributed by atoms with E-state index in [2.05, 4.69) is 29.0 Å². The molecular formula is C23H31N5O2. The molecule has 0 aliphatic carbocycles. The van der Waals surface area contributed by atoms with Gasteiger partial charge in [0.25, 0.3) is 5.91 Å². The van der Waals surface area contributed by atoms with Gasteiger partial charge in [0.15, 0.2) is 0 Å². The summed E-state index contributed by atoms with van der Waals surface area (Å²) in [6.45, 7) is 12.4. The Labute approximate surface area is 178 Å². The van der Waals surface area contributed by atoms with Crippen LogP contribution in [0.25, 0.3) is 0 Å². The lowest BCUT2D eigenvalue weighted by molar-refractivity contribution is -0.133. The van der Waals surface area contributed by atoms with E-state index in [1.165, 1.54) is 0 Å². The van der Waals surface area contributed by atoms with Crippen molar-refractivity contribution in [3.8, 4) is 0 Å². The summed E-state index contributed by atoms with van der Waals surface area (Å²) in [4.78, 5) is 38.5. The molecule has 2 heterocycles. The van der Waals surface area contributed by atoms with E-state index in [-0.39, 0.29) is 17.7 Å². The van der Waals surface area contributed by atoms with Crippen LogP contribution in [0.2, 0.25) is 0 Å². The van der Waals surface area contributed by atoms with Crippen molar-refractivity contribution in [3.63, 3.8) is 0 Å². The second kappa shape index (κ2) is 9.24. The Hall–Kier alpha value is -2.96. The molecule has 0 unspecified atom stereocenters. The molecule has 1 N–H and O–H groups in total. The van der Waals surface area contributed by atoms with Gasteiger partial charge in [0.05, 0.1) is 0 Å². The average Bonchev–Trinajstić information content (AvgIpc) is 2.72. The minimum atomic E-state index is -0.571. The highest BCUT2D eigenvalue weighted by molar-refractivity contribution is 5.97. The van der Waals surface area contributed by atoms with Gasteiger partial charge in [-0.2, -0.15) is 0 Å². The molecule has 0 spiro atoms. The van der Waals surface area contributed by atoms with Crippen LogP contribution in [0.4, 0.5) is 5.82 Å². The molecule has 1 aliphatic heterocycles. The minimum Gasteiger partial charge on any atom is -0.353 e. The van der Waals surface area contributed by atoms with E-state index in [0.29, 0.717) is 31.7 Å². The molecule has 1 aliphatic rings. The Kier molecular flexibility index (Phi) is 6.70. The smallest absolute Gasteiger partial charge is 0.251 e. The highest BCUT2D eigenvalue weighted by Gasteiger charge is 2.27. The number of carbonyl (C=O) groups is 2. The molecule has 1 aromatic heterocycles. The molecule has 1 fully saturated rings. The molecular weight excluding hydrogens is 378 g/mol. The van der Waals surface area contributed by atoms with Gasteiger partial charge in [-0.3, -0.25) is 9.59 Å². The number of anilines is 1. The Morgan fingerprint density at radius 3 is 2.33 bits per heavy atom. The number of piperazine rings is 1. The van der Waals surface area contributed by atoms with Gasteiger partial charge in [0.2, 0.25) is 5.91 Å². The van der Waals surface area contributed by atoms with Crippen LogP contribution >= 0.6 is 0 Å². The predicted molar refractivity (Wildman–Crippen MR) is 118 cm³/mol. The van der Waals surface area contributed by atoms with Gasteiger partial charge in [-0.25, -0.2) is 9.97 Å². The third-order valence-corrected chi connectivity index (χ3v) is 5.29. The number of hydrogen-bond acceptors (Lipinski definition) is 5. The summed E-state index contributed by atoms with van der Waals surface area (Å²) in [7, 11) is 0. The van der Waals surface area contributed by atoms with Crippen molar-refractivity contribution in [2.75, 3.05) is 31.1 Å². The predicted octanol–water partition coefficient (Wildman–Crippen LogP) is 2.68. The summed E-state index contributed by atoms with van der Waals surface area (Å²) in [5, 5.41) is 2.83. The Morgan fingerprint density at radius 2 is 1.70 bits per heavy atom. The topological polar surface area (TPSA) is 78.4 Å². The lowest BCUT2D eigenvalue weighted by atomic mass is 10.1. The summed E-state index contributed by atoms with van der Waals surface area (Å²) in [5.41, 5.74) is 2.53. The third kappa shape index (κ3) is 5.14. The van der Waals surface area contributed by atoms with E-state index in [0.717, 1.165) is 22.9 Å². The first-order chi connectivity index (χ1) is 14.2. The van der Waals surface area contributed by atoms with E-state index in [1.54, 1.807) is 13.0 Å². The molecule has 0 bridgehead atoms. The Bertz CT molecular complexity index is 920. The number of nitrogens with zero attached hydrogens (tertiary/aromatic N) is 4. The molecule has 1 atom stereocenters. The first-order valence-corrected chi connectivity index (χ1v) is 10.5. The van der Waals surface area contributed by atoms with Gasteiger partial charge < -0.3 is 15.1 Å². The highest BCUT2D eigenvalue weighted by Crippen LogP contribution is 2.19. The van der Waals surface area contributed by atoms with Gasteiger partial charge in [-0.05, 0) is 32.9 Å². The first-order valence-electron chi connectivity index (χ1n) is 10.5. The molecule has 30 heavy (non-hydrogen) atoms. The molecule has 1 aromatic carbocycles. The molecule has 7 heteroatoms. The molecule has 0 radical (unpaired) electrons. The zero-order valence-corrected chi connectivity index (χ0v) is 18.5. The fourth-order valence-corrected chi connectivity index (χ4v) is 3.55. The van der Waals surface area contributed by atoms with Crippen LogP contribution in [0.5, 0.6) is 0 Å². The lowest BCUT2D eigenvalue weighted by Crippen LogP contribution is -2.54. The maximum absolute atomic E-state index is 12.8. The minimum absolute atomic E-state index is 0.0580. The van der Waals surface area contributed by atoms with Gasteiger partial charge in [-0.1, -0.05) is 31.5 Å². The molecule has 7 nitrogen and oxygen atoms in total. The van der Waals surface area contributed by atoms with Crippen LogP contribution in [0.3, 0.4) is 0 Å². The van der Waals surface area contributed by atoms with Crippen LogP contribution < -0.4 is 10.2 Å². The number of hydrogen-bond donors (Lipinski definition) is 1. The van der Waals surface area contributed by atoms with Crippen molar-refractivity contribution in [2.45, 2.75) is 46.6 Å². The van der Waals surface area contributed by atoms with Crippen LogP contribution in [-0.2, 0) is 4.79 Å². The third-order valence-electron chi connectivity index (χ3n) is 5.29. The second-order valence-corrected chi connectivity index (χ2v) is 8.26. The van der Waals surface area contributed by atoms with E-state index in [1.807, 2.05) is 43.0 Å². The summed E-state index contributed by atoms with van der Waals surface area (Å²) in [6.07, 6.45) is 0. The number of nitrogens with one attached hydrogen (secondary N) is 1. The van der Waals surface area contributed by atoms with Crippen LogP contribution in [-0.4, -0.2) is 58.9 Å². The lowest BCUT2D eigenvalue weighted by Gasteiger charge is -2.36. The van der Waals surface area contributed by atoms with Crippen molar-refractivity contribution >= 4 is 17.6 Å². The Morgan fingerprint density at radius 1 is 1.00 bits per heavy atom. The second-order valence-electron chi connectivity index (χ2n) is 8.26. The van der Waals surface area contributed by atoms with Crippen molar-refractivity contribution < 1.29 is 9.59 Å². The SMILES string of the molecule is Cc1cccc(C(=O)N[C@@H](C)C(=O)N2CCN(c3cc(C)nc(C(C)C)n3)CC2)c1. The van der Waals surface area contributed by atoms with Crippen molar-refractivity contribution in [1.29, 1.82) is 0 Å². The summed E-state index contributed by atoms with van der Waals surface area (Å²) in [5.74, 6) is 1.74. The monoisotopic (exact) mass is 409 g/mol. The van der Waals surface area contributed by atoms with Crippen LogP contribution in [0.15, 0.2) is 30.3 Å². The van der Waals surface area contributed by atoms with Gasteiger partial charge in [0.1, 0.15) is 17.7 Å². The average molecular weight is 410 g/mol. The van der Waals surface area contributed by atoms with E-state index >= 15 is 0 Å². The molecule has 3 rings (SSSR count). The number of benzene rings is 1. The van der Waals surface area contributed by atoms with E-state index in [4.69, 9.17) is 4.98 Å². The van der Waals surface area contributed by atoms with Gasteiger partial charge >= 0.3 is 0 Å². The number of aromatic nitrogens is 2. The first kappa shape index (κ1) is 21.7. The van der Waals surface area contributed by atoms with Crippen LogP contribution in [0.1, 0.15) is 54.1 Å². The molecule has 2 aromatic rings. The summed E-state index contributed by atoms with van der Waals surface area (Å²) in [6, 6.07) is 8.78. The van der Waals surface area contributed by atoms with Crippen LogP contribution in [0, 0.1) is 13.8 Å². The van der Waals surface area contributed by atoms with E-state index < -0.39 is 6.04 Å². The number of carbonyl (C=O) groups excluding carboxylic acids is 2. The highest BCUT2D eigenvalue weighted by atomic mass is 16.2. The maximum Gasteiger partial charge on any atom is 0.251 e. The molecule has 160 valence electrons. The van der Waals surface area contributed by atoms with Crippen molar-refractivity contribution in [1.82, 2.24) is 20.2 Å². The number of rotatable bonds is 5. The normalized spacial score (nSPS) is 15.3. The zero-order chi connectivity index (χ0) is 21.8. The maximum atomic E-state index is 12.8. The van der Waals surface area contributed by atoms with Gasteiger partial charge in [-0.15, -0.1) is 0 Å². The molecule has 1 saturated heterocycles. The summed E-state index contributed by atoms with van der Waals surface area (Å²) >= 11 is 0. The Balaban J connectivity index is 1.58. The number of aryl methyl sites for hydroxylation is 2. The van der Waals surface area contributed by atoms with E-state index in [9.17, 15) is 9.59 Å².